The Hall–Kier alpha value is -1.32. The summed E-state index contributed by atoms with van der Waals surface area (Å²) in [5.74, 6) is -0.251. The van der Waals surface area contributed by atoms with Crippen molar-refractivity contribution >= 4 is 11.9 Å². The van der Waals surface area contributed by atoms with E-state index in [1.165, 1.54) is 0 Å². The summed E-state index contributed by atoms with van der Waals surface area (Å²) < 4.78 is 10.5. The number of ether oxygens (including phenoxy) is 2. The SMILES string of the molecule is C=CC(=O)OC1C2CC3OC(=O)C1C3C2. The van der Waals surface area contributed by atoms with Crippen LogP contribution < -0.4 is 0 Å². The summed E-state index contributed by atoms with van der Waals surface area (Å²) in [6, 6.07) is 0. The van der Waals surface area contributed by atoms with Crippen LogP contribution in [0.2, 0.25) is 0 Å². The summed E-state index contributed by atoms with van der Waals surface area (Å²) >= 11 is 0. The highest BCUT2D eigenvalue weighted by atomic mass is 16.6. The number of carbonyl (C=O) groups excluding carboxylic acids is 2. The van der Waals surface area contributed by atoms with Crippen molar-refractivity contribution in [2.45, 2.75) is 25.0 Å². The van der Waals surface area contributed by atoms with Gasteiger partial charge in [-0.2, -0.15) is 0 Å². The van der Waals surface area contributed by atoms with Gasteiger partial charge in [0.25, 0.3) is 0 Å². The van der Waals surface area contributed by atoms with E-state index in [-0.39, 0.29) is 30.0 Å². The molecule has 0 aromatic rings. The zero-order valence-electron chi connectivity index (χ0n) is 8.22. The first-order valence-electron chi connectivity index (χ1n) is 5.24. The van der Waals surface area contributed by atoms with Crippen molar-refractivity contribution in [1.29, 1.82) is 0 Å². The normalized spacial score (nSPS) is 45.3. The van der Waals surface area contributed by atoms with Crippen molar-refractivity contribution < 1.29 is 19.1 Å². The Morgan fingerprint density at radius 1 is 1.53 bits per heavy atom. The van der Waals surface area contributed by atoms with E-state index in [0.29, 0.717) is 5.92 Å². The van der Waals surface area contributed by atoms with Crippen molar-refractivity contribution in [3.8, 4) is 0 Å². The molecule has 3 aliphatic rings. The quantitative estimate of drug-likeness (QED) is 0.494. The predicted octanol–water partition coefficient (Wildman–Crippen LogP) is 0.666. The molecule has 1 saturated heterocycles. The minimum absolute atomic E-state index is 0.0891. The van der Waals surface area contributed by atoms with Crippen LogP contribution >= 0.6 is 0 Å². The Morgan fingerprint density at radius 3 is 3.07 bits per heavy atom. The van der Waals surface area contributed by atoms with Crippen molar-refractivity contribution in [2.75, 3.05) is 0 Å². The second-order valence-electron chi connectivity index (χ2n) is 4.50. The third kappa shape index (κ3) is 1.07. The van der Waals surface area contributed by atoms with E-state index in [1.54, 1.807) is 0 Å². The topological polar surface area (TPSA) is 52.6 Å². The second kappa shape index (κ2) is 2.84. The molecule has 3 fully saturated rings. The minimum Gasteiger partial charge on any atom is -0.462 e. The number of fused-ring (bicyclic) bond motifs is 1. The van der Waals surface area contributed by atoms with Gasteiger partial charge < -0.3 is 9.47 Å². The van der Waals surface area contributed by atoms with Crippen LogP contribution in [0.5, 0.6) is 0 Å². The van der Waals surface area contributed by atoms with Gasteiger partial charge in [0.15, 0.2) is 0 Å². The second-order valence-corrected chi connectivity index (χ2v) is 4.50. The lowest BCUT2D eigenvalue weighted by Gasteiger charge is -2.23. The molecular formula is C11H12O4. The molecule has 0 aromatic heterocycles. The van der Waals surface area contributed by atoms with Crippen LogP contribution in [0, 0.1) is 17.8 Å². The number of hydrogen-bond donors (Lipinski definition) is 0. The van der Waals surface area contributed by atoms with Crippen molar-refractivity contribution in [3.63, 3.8) is 0 Å². The first-order valence-corrected chi connectivity index (χ1v) is 5.24. The van der Waals surface area contributed by atoms with Crippen molar-refractivity contribution in [1.82, 2.24) is 0 Å². The molecular weight excluding hydrogens is 196 g/mol. The van der Waals surface area contributed by atoms with Crippen LogP contribution in [0.4, 0.5) is 0 Å². The molecule has 0 N–H and O–H groups in total. The van der Waals surface area contributed by atoms with Gasteiger partial charge in [-0.3, -0.25) is 4.79 Å². The van der Waals surface area contributed by atoms with E-state index in [1.807, 2.05) is 0 Å². The van der Waals surface area contributed by atoms with Gasteiger partial charge in [0.2, 0.25) is 0 Å². The Kier molecular flexibility index (Phi) is 1.69. The summed E-state index contributed by atoms with van der Waals surface area (Å²) in [5.41, 5.74) is 0. The largest absolute Gasteiger partial charge is 0.462 e. The van der Waals surface area contributed by atoms with Crippen LogP contribution in [0.3, 0.4) is 0 Å². The maximum atomic E-state index is 11.5. The summed E-state index contributed by atoms with van der Waals surface area (Å²) in [6.45, 7) is 3.35. The number of rotatable bonds is 2. The van der Waals surface area contributed by atoms with Gasteiger partial charge in [-0.25, -0.2) is 4.79 Å². The lowest BCUT2D eigenvalue weighted by molar-refractivity contribution is -0.152. The number of carbonyl (C=O) groups is 2. The van der Waals surface area contributed by atoms with E-state index in [2.05, 4.69) is 6.58 Å². The lowest BCUT2D eigenvalue weighted by Crippen LogP contribution is -2.34. The summed E-state index contributed by atoms with van der Waals surface area (Å²) in [4.78, 5) is 22.7. The van der Waals surface area contributed by atoms with E-state index in [0.717, 1.165) is 18.9 Å². The van der Waals surface area contributed by atoms with Gasteiger partial charge in [0.05, 0.1) is 0 Å². The maximum absolute atomic E-state index is 11.5. The molecule has 1 heterocycles. The van der Waals surface area contributed by atoms with Gasteiger partial charge >= 0.3 is 11.9 Å². The molecule has 4 nitrogen and oxygen atoms in total. The van der Waals surface area contributed by atoms with Gasteiger partial charge in [-0.1, -0.05) is 6.58 Å². The molecule has 2 saturated carbocycles. The molecule has 3 rings (SSSR count). The molecule has 15 heavy (non-hydrogen) atoms. The molecule has 5 unspecified atom stereocenters. The number of hydrogen-bond acceptors (Lipinski definition) is 4. The summed E-state index contributed by atoms with van der Waals surface area (Å²) in [5, 5.41) is 0. The van der Waals surface area contributed by atoms with Gasteiger partial charge in [0, 0.05) is 17.9 Å². The smallest absolute Gasteiger partial charge is 0.330 e. The average Bonchev–Trinajstić information content (AvgIpc) is 2.78. The molecule has 0 spiro atoms. The van der Waals surface area contributed by atoms with Crippen LogP contribution in [0.15, 0.2) is 12.7 Å². The molecule has 4 heteroatoms. The van der Waals surface area contributed by atoms with Crippen LogP contribution in [0.1, 0.15) is 12.8 Å². The molecule has 5 atom stereocenters. The predicted molar refractivity (Wildman–Crippen MR) is 49.7 cm³/mol. The first kappa shape index (κ1) is 8.95. The Labute approximate surface area is 87.2 Å². The molecule has 0 aromatic carbocycles. The standard InChI is InChI=1S/C11H12O4/c1-2-8(12)15-10-5-3-6-7(4-5)14-11(13)9(6)10/h2,5-7,9-10H,1,3-4H2. The van der Waals surface area contributed by atoms with E-state index < -0.39 is 5.97 Å². The minimum atomic E-state index is -0.441. The molecule has 1 aliphatic heterocycles. The lowest BCUT2D eigenvalue weighted by atomic mass is 9.87. The van der Waals surface area contributed by atoms with E-state index >= 15 is 0 Å². The monoisotopic (exact) mass is 208 g/mol. The third-order valence-corrected chi connectivity index (χ3v) is 3.83. The van der Waals surface area contributed by atoms with Gasteiger partial charge in [-0.05, 0) is 12.8 Å². The van der Waals surface area contributed by atoms with Crippen molar-refractivity contribution in [3.05, 3.63) is 12.7 Å². The third-order valence-electron chi connectivity index (χ3n) is 3.83. The highest BCUT2D eigenvalue weighted by Crippen LogP contribution is 2.55. The highest BCUT2D eigenvalue weighted by molar-refractivity contribution is 5.83. The molecule has 2 aliphatic carbocycles. The fraction of sp³-hybridized carbons (Fsp3) is 0.636. The molecule has 80 valence electrons. The van der Waals surface area contributed by atoms with Crippen LogP contribution in [-0.2, 0) is 19.1 Å². The summed E-state index contributed by atoms with van der Waals surface area (Å²) in [7, 11) is 0. The van der Waals surface area contributed by atoms with Crippen LogP contribution in [0.25, 0.3) is 0 Å². The van der Waals surface area contributed by atoms with E-state index in [4.69, 9.17) is 9.47 Å². The van der Waals surface area contributed by atoms with E-state index in [9.17, 15) is 9.59 Å². The Bertz CT molecular complexity index is 346. The Morgan fingerprint density at radius 2 is 2.33 bits per heavy atom. The van der Waals surface area contributed by atoms with Gasteiger partial charge in [-0.15, -0.1) is 0 Å². The zero-order chi connectivity index (χ0) is 10.6. The van der Waals surface area contributed by atoms with Crippen molar-refractivity contribution in [2.24, 2.45) is 17.8 Å². The molecule has 2 bridgehead atoms. The first-order chi connectivity index (χ1) is 7.20. The molecule has 0 radical (unpaired) electrons. The summed E-state index contributed by atoms with van der Waals surface area (Å²) in [6.07, 6.45) is 2.76. The highest BCUT2D eigenvalue weighted by Gasteiger charge is 2.63. The zero-order valence-corrected chi connectivity index (χ0v) is 8.22. The van der Waals surface area contributed by atoms with Gasteiger partial charge in [0.1, 0.15) is 18.1 Å². The Balaban J connectivity index is 1.83. The van der Waals surface area contributed by atoms with Crippen LogP contribution in [-0.4, -0.2) is 24.1 Å². The average molecular weight is 208 g/mol. The fourth-order valence-electron chi connectivity index (χ4n) is 3.28. The number of esters is 2. The molecule has 0 amide bonds. The fourth-order valence-corrected chi connectivity index (χ4v) is 3.28. The maximum Gasteiger partial charge on any atom is 0.330 e.